The minimum absolute atomic E-state index is 0.0766. The third kappa shape index (κ3) is 8.18. The number of carbonyl (C=O) groups excluding carboxylic acids is 1. The van der Waals surface area contributed by atoms with Crippen LogP contribution in [-0.2, 0) is 52.1 Å². The number of nitrogens with zero attached hydrogens (tertiary/aromatic N) is 2. The predicted octanol–water partition coefficient (Wildman–Crippen LogP) is 1.94. The van der Waals surface area contributed by atoms with E-state index in [-0.39, 0.29) is 6.61 Å². The van der Waals surface area contributed by atoms with Crippen LogP contribution in [0, 0.1) is 20.2 Å². The molecule has 19 heteroatoms. The van der Waals surface area contributed by atoms with E-state index in [1.54, 1.807) is 41.5 Å². The molecule has 49 heavy (non-hydrogen) atoms. The highest BCUT2D eigenvalue weighted by Gasteiger charge is 2.59. The highest BCUT2D eigenvalue weighted by molar-refractivity contribution is 5.91. The van der Waals surface area contributed by atoms with E-state index in [0.29, 0.717) is 0 Å². The molecule has 4 aliphatic rings. The molecule has 5 rings (SSSR count). The van der Waals surface area contributed by atoms with Gasteiger partial charge in [-0.3, -0.25) is 20.2 Å². The molecule has 0 amide bonds. The van der Waals surface area contributed by atoms with Gasteiger partial charge >= 0.3 is 5.97 Å². The maximum Gasteiger partial charge on any atom is 0.338 e. The molecule has 19 nitrogen and oxygen atoms in total. The molecular formula is C30H42N2O17. The van der Waals surface area contributed by atoms with Gasteiger partial charge in [-0.2, -0.15) is 0 Å². The van der Waals surface area contributed by atoms with E-state index >= 15 is 0 Å². The van der Waals surface area contributed by atoms with Gasteiger partial charge in [0.25, 0.3) is 11.4 Å². The Morgan fingerprint density at radius 1 is 0.878 bits per heavy atom. The Hall–Kier alpha value is -2.95. The minimum atomic E-state index is -1.45. The number of non-ortho nitro benzene ring substituents is 2. The van der Waals surface area contributed by atoms with Gasteiger partial charge in [-0.05, 0) is 41.5 Å². The smallest absolute Gasteiger partial charge is 0.338 e. The average molecular weight is 703 g/mol. The fourth-order valence-corrected chi connectivity index (χ4v) is 6.32. The lowest BCUT2D eigenvalue weighted by Crippen LogP contribution is -2.61. The molecule has 1 N–H and O–H groups in total. The zero-order chi connectivity index (χ0) is 36.1. The lowest BCUT2D eigenvalue weighted by Gasteiger charge is -2.42. The molecule has 0 aliphatic carbocycles. The molecule has 0 radical (unpaired) electrons. The first-order valence-corrected chi connectivity index (χ1v) is 15.5. The second kappa shape index (κ2) is 14.0. The van der Waals surface area contributed by atoms with Gasteiger partial charge in [0.2, 0.25) is 0 Å². The SMILES string of the molecule is COC(OC)[C@@H]1OC(C)(C)O[C@H]1[C@H](O[C@@H]1O[C@H](COC(=O)c2cc([N+](=O)[O-])cc([N+](=O)[O-])c2)[C@@H]2OC(C)(C)O[C@@H]2[C@H]1O)[C@H]1COC(C)(C)O1. The zero-order valence-electron chi connectivity index (χ0n) is 28.3. The van der Waals surface area contributed by atoms with E-state index in [4.69, 9.17) is 52.1 Å². The van der Waals surface area contributed by atoms with Crippen molar-refractivity contribution in [1.82, 2.24) is 0 Å². The summed E-state index contributed by atoms with van der Waals surface area (Å²) in [6.07, 6.45) is -10.4. The van der Waals surface area contributed by atoms with E-state index in [1.165, 1.54) is 14.2 Å². The fraction of sp³-hybridized carbons (Fsp3) is 0.767. The zero-order valence-corrected chi connectivity index (χ0v) is 28.3. The number of aliphatic hydroxyl groups is 1. The quantitative estimate of drug-likeness (QED) is 0.142. The third-order valence-electron chi connectivity index (χ3n) is 8.30. The van der Waals surface area contributed by atoms with Crippen LogP contribution in [0.3, 0.4) is 0 Å². The minimum Gasteiger partial charge on any atom is -0.459 e. The lowest BCUT2D eigenvalue weighted by molar-refractivity contribution is -0.394. The fourth-order valence-electron chi connectivity index (χ4n) is 6.32. The third-order valence-corrected chi connectivity index (χ3v) is 8.30. The Morgan fingerprint density at radius 2 is 1.45 bits per heavy atom. The van der Waals surface area contributed by atoms with Gasteiger partial charge in [0.15, 0.2) is 29.9 Å². The number of hydrogen-bond donors (Lipinski definition) is 1. The number of benzene rings is 1. The summed E-state index contributed by atoms with van der Waals surface area (Å²) in [6.45, 7) is 9.68. The number of nitro benzene ring substituents is 2. The maximum absolute atomic E-state index is 13.0. The number of fused-ring (bicyclic) bond motifs is 1. The summed E-state index contributed by atoms with van der Waals surface area (Å²) < 4.78 is 65.6. The molecule has 0 unspecified atom stereocenters. The van der Waals surface area contributed by atoms with E-state index in [2.05, 4.69) is 0 Å². The van der Waals surface area contributed by atoms with Crippen molar-refractivity contribution in [2.24, 2.45) is 0 Å². The summed E-state index contributed by atoms with van der Waals surface area (Å²) in [7, 11) is 2.89. The Bertz CT molecular complexity index is 1370. The topological polar surface area (TPSA) is 225 Å². The van der Waals surface area contributed by atoms with Crippen LogP contribution in [-0.4, -0.2) is 127 Å². The van der Waals surface area contributed by atoms with Crippen molar-refractivity contribution in [2.75, 3.05) is 27.4 Å². The van der Waals surface area contributed by atoms with Crippen LogP contribution >= 0.6 is 0 Å². The van der Waals surface area contributed by atoms with Gasteiger partial charge in [0, 0.05) is 26.4 Å². The van der Waals surface area contributed by atoms with Gasteiger partial charge in [-0.25, -0.2) is 4.79 Å². The Balaban J connectivity index is 1.42. The molecule has 0 spiro atoms. The maximum atomic E-state index is 13.0. The number of nitro groups is 2. The van der Waals surface area contributed by atoms with Crippen molar-refractivity contribution < 1.29 is 71.9 Å². The predicted molar refractivity (Wildman–Crippen MR) is 160 cm³/mol. The van der Waals surface area contributed by atoms with Crippen LogP contribution in [0.5, 0.6) is 0 Å². The highest BCUT2D eigenvalue weighted by Crippen LogP contribution is 2.42. The molecule has 274 valence electrons. The summed E-state index contributed by atoms with van der Waals surface area (Å²) in [5.41, 5.74) is -1.77. The number of carbonyl (C=O) groups is 1. The summed E-state index contributed by atoms with van der Waals surface area (Å²) in [5.74, 6) is -4.38. The molecule has 4 heterocycles. The van der Waals surface area contributed by atoms with Crippen LogP contribution in [0.25, 0.3) is 0 Å². The molecular weight excluding hydrogens is 660 g/mol. The molecule has 0 saturated carbocycles. The second-order valence-corrected chi connectivity index (χ2v) is 13.3. The monoisotopic (exact) mass is 702 g/mol. The summed E-state index contributed by atoms with van der Waals surface area (Å²) in [4.78, 5) is 34.0. The first-order valence-electron chi connectivity index (χ1n) is 15.5. The summed E-state index contributed by atoms with van der Waals surface area (Å²) in [6, 6.07) is 2.44. The van der Waals surface area contributed by atoms with Crippen LogP contribution in [0.4, 0.5) is 11.4 Å². The van der Waals surface area contributed by atoms with E-state index in [0.717, 1.165) is 18.2 Å². The molecule has 4 aliphatic heterocycles. The van der Waals surface area contributed by atoms with Gasteiger partial charge in [0.1, 0.15) is 55.4 Å². The molecule has 1 aromatic rings. The number of ether oxygens (including phenoxy) is 11. The second-order valence-electron chi connectivity index (χ2n) is 13.3. The Labute approximate surface area is 281 Å². The Morgan fingerprint density at radius 3 is 2.00 bits per heavy atom. The van der Waals surface area contributed by atoms with Crippen molar-refractivity contribution in [3.8, 4) is 0 Å². The number of rotatable bonds is 12. The van der Waals surface area contributed by atoms with Crippen LogP contribution < -0.4 is 0 Å². The van der Waals surface area contributed by atoms with Crippen molar-refractivity contribution in [3.63, 3.8) is 0 Å². The van der Waals surface area contributed by atoms with Crippen LogP contribution in [0.1, 0.15) is 51.9 Å². The van der Waals surface area contributed by atoms with Crippen LogP contribution in [0.15, 0.2) is 18.2 Å². The largest absolute Gasteiger partial charge is 0.459 e. The van der Waals surface area contributed by atoms with Crippen LogP contribution in [0.2, 0.25) is 0 Å². The van der Waals surface area contributed by atoms with Crippen molar-refractivity contribution >= 4 is 17.3 Å². The number of methoxy groups -OCH3 is 2. The summed E-state index contributed by atoms with van der Waals surface area (Å²) >= 11 is 0. The molecule has 0 aromatic heterocycles. The van der Waals surface area contributed by atoms with Crippen molar-refractivity contribution in [1.29, 1.82) is 0 Å². The molecule has 4 saturated heterocycles. The molecule has 1 aromatic carbocycles. The summed E-state index contributed by atoms with van der Waals surface area (Å²) in [5, 5.41) is 34.2. The van der Waals surface area contributed by atoms with Gasteiger partial charge in [-0.15, -0.1) is 0 Å². The van der Waals surface area contributed by atoms with Gasteiger partial charge < -0.3 is 57.2 Å². The van der Waals surface area contributed by atoms with E-state index < -0.39 is 118 Å². The standard InChI is InChI=1S/C30H42N2O17/c1-28(2)42-13-18(45-28)20(23-24(27(39-7)40-8)49-30(5,6)48-23)44-26-19(33)22-21(46-29(3,4)47-22)17(43-26)12-41-25(34)14-9-15(31(35)36)11-16(10-14)32(37)38/h9-11,17-24,26-27,33H,12-13H2,1-8H3/t17-,18-,19-,20-,21+,22-,23+,24-,26+/m1/s1. The van der Waals surface area contributed by atoms with Crippen molar-refractivity contribution in [3.05, 3.63) is 44.0 Å². The van der Waals surface area contributed by atoms with Gasteiger partial charge in [-0.1, -0.05) is 0 Å². The Kier molecular flexibility index (Phi) is 10.7. The lowest BCUT2D eigenvalue weighted by atomic mass is 9.98. The normalized spacial score (nSPS) is 33.7. The van der Waals surface area contributed by atoms with E-state index in [1.807, 2.05) is 0 Å². The molecule has 0 bridgehead atoms. The number of esters is 1. The molecule has 9 atom stereocenters. The van der Waals surface area contributed by atoms with Crippen molar-refractivity contribution in [2.45, 2.75) is 120 Å². The number of hydrogen-bond acceptors (Lipinski definition) is 17. The number of aliphatic hydroxyl groups excluding tert-OH is 1. The van der Waals surface area contributed by atoms with Gasteiger partial charge in [0.05, 0.1) is 28.1 Å². The van der Waals surface area contributed by atoms with E-state index in [9.17, 15) is 30.1 Å². The first-order chi connectivity index (χ1) is 22.8. The molecule has 4 fully saturated rings. The average Bonchev–Trinajstić information content (AvgIpc) is 3.66. The first kappa shape index (κ1) is 37.3. The highest BCUT2D eigenvalue weighted by atomic mass is 16.8.